The topological polar surface area (TPSA) is 43.4 Å². The van der Waals surface area contributed by atoms with Crippen molar-refractivity contribution in [2.24, 2.45) is 0 Å². The highest BCUT2D eigenvalue weighted by Crippen LogP contribution is 2.27. The Bertz CT molecular complexity index is 521. The van der Waals surface area contributed by atoms with Crippen LogP contribution in [0.3, 0.4) is 0 Å². The summed E-state index contributed by atoms with van der Waals surface area (Å²) in [5.74, 6) is -0.331. The van der Waals surface area contributed by atoms with E-state index in [0.717, 1.165) is 24.8 Å². The quantitative estimate of drug-likeness (QED) is 0.404. The summed E-state index contributed by atoms with van der Waals surface area (Å²) in [5.41, 5.74) is -4.46. The first kappa shape index (κ1) is 17.8. The smallest absolute Gasteiger partial charge is 0.376 e. The summed E-state index contributed by atoms with van der Waals surface area (Å²) in [6.45, 7) is 2.13. The lowest BCUT2D eigenvalue weighted by Crippen LogP contribution is -2.28. The third-order valence-corrected chi connectivity index (χ3v) is 3.96. The Morgan fingerprint density at radius 1 is 1.00 bits per heavy atom. The number of hydrogen-bond donors (Lipinski definition) is 0. The molecule has 0 atom stereocenters. The van der Waals surface area contributed by atoms with Gasteiger partial charge >= 0.3 is 15.6 Å². The molecule has 21 heavy (non-hydrogen) atoms. The van der Waals surface area contributed by atoms with Gasteiger partial charge in [0.25, 0.3) is 0 Å². The van der Waals surface area contributed by atoms with Gasteiger partial charge in [-0.15, -0.1) is 0 Å². The van der Waals surface area contributed by atoms with Crippen LogP contribution >= 0.6 is 0 Å². The van der Waals surface area contributed by atoms with Gasteiger partial charge in [-0.1, -0.05) is 44.7 Å². The van der Waals surface area contributed by atoms with E-state index in [-0.39, 0.29) is 5.75 Å². The number of unbranched alkanes of at least 4 members (excludes halogenated alkanes) is 4. The van der Waals surface area contributed by atoms with Crippen LogP contribution in [0.15, 0.2) is 24.3 Å². The predicted molar refractivity (Wildman–Crippen MR) is 74.5 cm³/mol. The van der Waals surface area contributed by atoms with Gasteiger partial charge in [-0.25, -0.2) is 0 Å². The van der Waals surface area contributed by atoms with Crippen molar-refractivity contribution < 1.29 is 25.8 Å². The first-order valence-corrected chi connectivity index (χ1v) is 8.27. The van der Waals surface area contributed by atoms with Gasteiger partial charge in [-0.3, -0.25) is 0 Å². The van der Waals surface area contributed by atoms with Crippen molar-refractivity contribution in [3.63, 3.8) is 0 Å². The van der Waals surface area contributed by atoms with E-state index in [1.807, 2.05) is 0 Å². The first-order valence-electron chi connectivity index (χ1n) is 6.86. The average Bonchev–Trinajstić information content (AvgIpc) is 2.39. The minimum Gasteiger partial charge on any atom is -0.376 e. The number of hydrogen-bond acceptors (Lipinski definition) is 3. The molecule has 0 heterocycles. The standard InChI is InChI=1S/C14H19F3O3S/c1-2-3-4-5-6-7-12-8-10-13(11-9-12)20-21(18,19)14(15,16)17/h8-11H,2-7H2,1H3. The Hall–Kier alpha value is -1.24. The van der Waals surface area contributed by atoms with E-state index in [0.29, 0.717) is 0 Å². The van der Waals surface area contributed by atoms with Crippen molar-refractivity contribution >= 4 is 10.1 Å². The van der Waals surface area contributed by atoms with Crippen molar-refractivity contribution in [3.8, 4) is 5.75 Å². The monoisotopic (exact) mass is 324 g/mol. The molecule has 0 aliphatic heterocycles. The van der Waals surface area contributed by atoms with Crippen LogP contribution in [-0.2, 0) is 16.5 Å². The van der Waals surface area contributed by atoms with Crippen LogP contribution in [0.5, 0.6) is 5.75 Å². The van der Waals surface area contributed by atoms with Crippen LogP contribution in [0.1, 0.15) is 44.6 Å². The molecule has 0 spiro atoms. The summed E-state index contributed by atoms with van der Waals surface area (Å²) in [6.07, 6.45) is 6.45. The zero-order valence-corrected chi connectivity index (χ0v) is 12.6. The lowest BCUT2D eigenvalue weighted by Gasteiger charge is -2.09. The van der Waals surface area contributed by atoms with Gasteiger partial charge in [0, 0.05) is 0 Å². The Labute approximate surface area is 123 Å². The van der Waals surface area contributed by atoms with E-state index in [1.165, 1.54) is 31.4 Å². The number of halogens is 3. The van der Waals surface area contributed by atoms with E-state index in [4.69, 9.17) is 0 Å². The fourth-order valence-corrected chi connectivity index (χ4v) is 2.28. The van der Waals surface area contributed by atoms with Crippen LogP contribution in [0.2, 0.25) is 0 Å². The second-order valence-corrected chi connectivity index (χ2v) is 6.33. The van der Waals surface area contributed by atoms with Gasteiger partial charge in [0.15, 0.2) is 0 Å². The molecule has 0 amide bonds. The second-order valence-electron chi connectivity index (χ2n) is 4.79. The molecule has 1 aromatic rings. The SMILES string of the molecule is CCCCCCCc1ccc(OS(=O)(=O)C(F)(F)F)cc1. The van der Waals surface area contributed by atoms with E-state index >= 15 is 0 Å². The summed E-state index contributed by atoms with van der Waals surface area (Å²) in [5, 5.41) is 0. The van der Waals surface area contributed by atoms with E-state index < -0.39 is 15.6 Å². The van der Waals surface area contributed by atoms with E-state index in [9.17, 15) is 21.6 Å². The molecule has 120 valence electrons. The largest absolute Gasteiger partial charge is 0.534 e. The van der Waals surface area contributed by atoms with Crippen LogP contribution < -0.4 is 4.18 Å². The Kier molecular flexibility index (Phi) is 6.51. The molecule has 0 saturated heterocycles. The fraction of sp³-hybridized carbons (Fsp3) is 0.571. The molecule has 0 aromatic heterocycles. The lowest BCUT2D eigenvalue weighted by atomic mass is 10.1. The minimum atomic E-state index is -5.59. The molecular formula is C14H19F3O3S. The number of alkyl halides is 3. The predicted octanol–water partition coefficient (Wildman–Crippen LogP) is 4.43. The highest BCUT2D eigenvalue weighted by Gasteiger charge is 2.48. The van der Waals surface area contributed by atoms with E-state index in [1.54, 1.807) is 12.1 Å². The molecule has 7 heteroatoms. The molecular weight excluding hydrogens is 305 g/mol. The summed E-state index contributed by atoms with van der Waals surface area (Å²) in [4.78, 5) is 0. The van der Waals surface area contributed by atoms with Crippen molar-refractivity contribution in [2.75, 3.05) is 0 Å². The van der Waals surface area contributed by atoms with Gasteiger partial charge < -0.3 is 4.18 Å². The number of benzene rings is 1. The number of aryl methyl sites for hydroxylation is 1. The van der Waals surface area contributed by atoms with Crippen molar-refractivity contribution in [2.45, 2.75) is 51.0 Å². The van der Waals surface area contributed by atoms with Crippen molar-refractivity contribution in [1.82, 2.24) is 0 Å². The molecule has 1 aromatic carbocycles. The van der Waals surface area contributed by atoms with Crippen molar-refractivity contribution in [1.29, 1.82) is 0 Å². The Morgan fingerprint density at radius 2 is 1.57 bits per heavy atom. The van der Waals surface area contributed by atoms with Crippen LogP contribution in [-0.4, -0.2) is 13.9 Å². The normalized spacial score (nSPS) is 12.4. The van der Waals surface area contributed by atoms with E-state index in [2.05, 4.69) is 11.1 Å². The van der Waals surface area contributed by atoms with Crippen LogP contribution in [0, 0.1) is 0 Å². The zero-order valence-electron chi connectivity index (χ0n) is 11.8. The summed E-state index contributed by atoms with van der Waals surface area (Å²) < 4.78 is 62.2. The maximum atomic E-state index is 12.2. The Balaban J connectivity index is 2.51. The molecule has 0 bridgehead atoms. The van der Waals surface area contributed by atoms with Gasteiger partial charge in [-0.05, 0) is 30.5 Å². The van der Waals surface area contributed by atoms with Crippen molar-refractivity contribution in [3.05, 3.63) is 29.8 Å². The highest BCUT2D eigenvalue weighted by molar-refractivity contribution is 7.87. The molecule has 0 radical (unpaired) electrons. The maximum absolute atomic E-state index is 12.2. The fourth-order valence-electron chi connectivity index (χ4n) is 1.82. The highest BCUT2D eigenvalue weighted by atomic mass is 32.2. The molecule has 0 aliphatic carbocycles. The molecule has 0 unspecified atom stereocenters. The summed E-state index contributed by atoms with van der Waals surface area (Å²) >= 11 is 0. The molecule has 3 nitrogen and oxygen atoms in total. The number of rotatable bonds is 8. The first-order chi connectivity index (χ1) is 9.76. The molecule has 1 rings (SSSR count). The molecule has 0 saturated carbocycles. The third-order valence-electron chi connectivity index (χ3n) is 2.98. The Morgan fingerprint density at radius 3 is 2.10 bits per heavy atom. The summed E-state index contributed by atoms with van der Waals surface area (Å²) in [6, 6.07) is 5.65. The van der Waals surface area contributed by atoms with Crippen LogP contribution in [0.4, 0.5) is 13.2 Å². The molecule has 0 N–H and O–H groups in total. The van der Waals surface area contributed by atoms with Gasteiger partial charge in [0.2, 0.25) is 0 Å². The van der Waals surface area contributed by atoms with Gasteiger partial charge in [0.1, 0.15) is 5.75 Å². The molecule has 0 aliphatic rings. The lowest BCUT2D eigenvalue weighted by molar-refractivity contribution is -0.0500. The van der Waals surface area contributed by atoms with Crippen LogP contribution in [0.25, 0.3) is 0 Å². The maximum Gasteiger partial charge on any atom is 0.534 e. The second kappa shape index (κ2) is 7.68. The van der Waals surface area contributed by atoms with Gasteiger partial charge in [-0.2, -0.15) is 21.6 Å². The minimum absolute atomic E-state index is 0.331. The third kappa shape index (κ3) is 5.95. The average molecular weight is 324 g/mol. The zero-order chi connectivity index (χ0) is 15.9. The van der Waals surface area contributed by atoms with Gasteiger partial charge in [0.05, 0.1) is 0 Å². The summed E-state index contributed by atoms with van der Waals surface area (Å²) in [7, 11) is -5.59. The molecule has 0 fully saturated rings.